The molecule has 0 bridgehead atoms. The van der Waals surface area contributed by atoms with Crippen LogP contribution in [-0.4, -0.2) is 55.9 Å². The largest absolute Gasteiger partial charge is 0.378 e. The monoisotopic (exact) mass is 397 g/mol. The highest BCUT2D eigenvalue weighted by molar-refractivity contribution is 14.0. The zero-order valence-electron chi connectivity index (χ0n) is 12.6. The van der Waals surface area contributed by atoms with Gasteiger partial charge in [-0.3, -0.25) is 4.99 Å². The van der Waals surface area contributed by atoms with E-state index < -0.39 is 0 Å². The molecule has 5 nitrogen and oxygen atoms in total. The van der Waals surface area contributed by atoms with Gasteiger partial charge < -0.3 is 20.1 Å². The average molecular weight is 397 g/mol. The van der Waals surface area contributed by atoms with Crippen LogP contribution in [-0.2, 0) is 9.47 Å². The molecule has 0 aromatic heterocycles. The number of nitrogens with two attached hydrogens (primary N) is 1. The molecule has 0 amide bonds. The predicted octanol–water partition coefficient (Wildman–Crippen LogP) is 1.85. The molecule has 1 heterocycles. The van der Waals surface area contributed by atoms with Gasteiger partial charge in [0, 0.05) is 26.2 Å². The quantitative estimate of drug-likeness (QED) is 0.437. The van der Waals surface area contributed by atoms with Gasteiger partial charge in [0.05, 0.1) is 18.8 Å². The molecule has 0 radical (unpaired) electrons. The van der Waals surface area contributed by atoms with Crippen molar-refractivity contribution in [3.63, 3.8) is 0 Å². The van der Waals surface area contributed by atoms with Gasteiger partial charge in [-0.2, -0.15) is 0 Å². The highest BCUT2D eigenvalue weighted by Crippen LogP contribution is 2.32. The molecule has 6 heteroatoms. The summed E-state index contributed by atoms with van der Waals surface area (Å²) in [5.41, 5.74) is 6.03. The summed E-state index contributed by atoms with van der Waals surface area (Å²) in [7, 11) is 0. The van der Waals surface area contributed by atoms with E-state index in [9.17, 15) is 0 Å². The molecule has 0 aromatic rings. The lowest BCUT2D eigenvalue weighted by molar-refractivity contribution is -0.0258. The number of aliphatic imine (C=N–C) groups is 1. The van der Waals surface area contributed by atoms with Crippen LogP contribution in [0.25, 0.3) is 0 Å². The Morgan fingerprint density at radius 3 is 2.85 bits per heavy atom. The molecule has 2 fully saturated rings. The van der Waals surface area contributed by atoms with Crippen molar-refractivity contribution in [2.75, 3.05) is 32.8 Å². The molecule has 2 rings (SSSR count). The number of morpholine rings is 1. The highest BCUT2D eigenvalue weighted by atomic mass is 127. The van der Waals surface area contributed by atoms with Crippen LogP contribution in [0.3, 0.4) is 0 Å². The maximum Gasteiger partial charge on any atom is 0.191 e. The first kappa shape index (κ1) is 18.0. The fourth-order valence-electron chi connectivity index (χ4n) is 2.77. The summed E-state index contributed by atoms with van der Waals surface area (Å²) in [6.45, 7) is 8.25. The van der Waals surface area contributed by atoms with E-state index in [2.05, 4.69) is 23.7 Å². The van der Waals surface area contributed by atoms with Crippen LogP contribution in [0.15, 0.2) is 4.99 Å². The Labute approximate surface area is 139 Å². The Balaban J connectivity index is 0.00000200. The van der Waals surface area contributed by atoms with Gasteiger partial charge >= 0.3 is 0 Å². The van der Waals surface area contributed by atoms with E-state index in [1.807, 2.05) is 0 Å². The SMILES string of the molecule is CCOC1CC(CCN=C(N)N2CCOC(C)C2)C1.I. The molecule has 0 aromatic carbocycles. The molecule has 1 aliphatic carbocycles. The minimum atomic E-state index is 0. The summed E-state index contributed by atoms with van der Waals surface area (Å²) in [5.74, 6) is 1.45. The van der Waals surface area contributed by atoms with Crippen LogP contribution in [0.2, 0.25) is 0 Å². The Bertz CT molecular complexity index is 309. The number of hydrogen-bond donors (Lipinski definition) is 1. The normalized spacial score (nSPS) is 30.6. The van der Waals surface area contributed by atoms with Crippen molar-refractivity contribution < 1.29 is 9.47 Å². The number of halogens is 1. The fourth-order valence-corrected chi connectivity index (χ4v) is 2.77. The van der Waals surface area contributed by atoms with Gasteiger partial charge in [0.1, 0.15) is 0 Å². The molecular weight excluding hydrogens is 369 g/mol. The van der Waals surface area contributed by atoms with Gasteiger partial charge in [0.2, 0.25) is 0 Å². The van der Waals surface area contributed by atoms with E-state index in [4.69, 9.17) is 15.2 Å². The van der Waals surface area contributed by atoms with Crippen molar-refractivity contribution in [2.45, 2.75) is 45.3 Å². The van der Waals surface area contributed by atoms with E-state index in [0.717, 1.165) is 45.2 Å². The first-order chi connectivity index (χ1) is 9.19. The lowest BCUT2D eigenvalue weighted by atomic mass is 9.80. The molecule has 1 unspecified atom stereocenters. The molecule has 118 valence electrons. The second kappa shape index (κ2) is 9.04. The summed E-state index contributed by atoms with van der Waals surface area (Å²) in [5, 5.41) is 0. The van der Waals surface area contributed by atoms with Crippen molar-refractivity contribution >= 4 is 29.9 Å². The number of guanidine groups is 1. The molecule has 1 saturated heterocycles. The van der Waals surface area contributed by atoms with Gasteiger partial charge in [-0.25, -0.2) is 0 Å². The van der Waals surface area contributed by atoms with E-state index in [-0.39, 0.29) is 30.1 Å². The highest BCUT2D eigenvalue weighted by Gasteiger charge is 2.28. The molecular formula is C14H28IN3O2. The van der Waals surface area contributed by atoms with Gasteiger partial charge in [0.15, 0.2) is 5.96 Å². The lowest BCUT2D eigenvalue weighted by Crippen LogP contribution is -2.48. The van der Waals surface area contributed by atoms with Crippen molar-refractivity contribution in [3.05, 3.63) is 0 Å². The molecule has 1 aliphatic heterocycles. The Morgan fingerprint density at radius 1 is 1.45 bits per heavy atom. The van der Waals surface area contributed by atoms with Crippen LogP contribution < -0.4 is 5.73 Å². The standard InChI is InChI=1S/C14H27N3O2.HI/c1-3-18-13-8-12(9-13)4-5-16-14(15)17-6-7-19-11(2)10-17;/h11-13H,3-10H2,1-2H3,(H2,15,16);1H. The number of nitrogens with zero attached hydrogens (tertiary/aromatic N) is 2. The van der Waals surface area contributed by atoms with E-state index in [1.54, 1.807) is 0 Å². The zero-order chi connectivity index (χ0) is 13.7. The van der Waals surface area contributed by atoms with E-state index in [1.165, 1.54) is 12.8 Å². The minimum Gasteiger partial charge on any atom is -0.378 e. The van der Waals surface area contributed by atoms with Crippen LogP contribution in [0.1, 0.15) is 33.1 Å². The van der Waals surface area contributed by atoms with Crippen LogP contribution in [0.4, 0.5) is 0 Å². The summed E-state index contributed by atoms with van der Waals surface area (Å²) >= 11 is 0. The minimum absolute atomic E-state index is 0. The van der Waals surface area contributed by atoms with Crippen molar-refractivity contribution in [3.8, 4) is 0 Å². The maximum absolute atomic E-state index is 6.03. The van der Waals surface area contributed by atoms with Crippen LogP contribution in [0, 0.1) is 5.92 Å². The zero-order valence-corrected chi connectivity index (χ0v) is 14.9. The van der Waals surface area contributed by atoms with Gasteiger partial charge in [-0.05, 0) is 39.0 Å². The van der Waals surface area contributed by atoms with Crippen molar-refractivity contribution in [2.24, 2.45) is 16.6 Å². The third-order valence-corrected chi connectivity index (χ3v) is 3.97. The summed E-state index contributed by atoms with van der Waals surface area (Å²) in [4.78, 5) is 6.62. The van der Waals surface area contributed by atoms with Crippen LogP contribution >= 0.6 is 24.0 Å². The Kier molecular flexibility index (Phi) is 8.13. The van der Waals surface area contributed by atoms with E-state index in [0.29, 0.717) is 12.1 Å². The van der Waals surface area contributed by atoms with Gasteiger partial charge in [0.25, 0.3) is 0 Å². The predicted molar refractivity (Wildman–Crippen MR) is 91.6 cm³/mol. The summed E-state index contributed by atoms with van der Waals surface area (Å²) < 4.78 is 11.1. The number of rotatable bonds is 5. The smallest absolute Gasteiger partial charge is 0.191 e. The third kappa shape index (κ3) is 5.37. The molecule has 2 N–H and O–H groups in total. The van der Waals surface area contributed by atoms with E-state index >= 15 is 0 Å². The molecule has 1 atom stereocenters. The summed E-state index contributed by atoms with van der Waals surface area (Å²) in [6, 6.07) is 0. The van der Waals surface area contributed by atoms with Gasteiger partial charge in [-0.1, -0.05) is 0 Å². The van der Waals surface area contributed by atoms with Crippen molar-refractivity contribution in [1.29, 1.82) is 0 Å². The molecule has 1 saturated carbocycles. The van der Waals surface area contributed by atoms with Crippen molar-refractivity contribution in [1.82, 2.24) is 4.90 Å². The van der Waals surface area contributed by atoms with Crippen LogP contribution in [0.5, 0.6) is 0 Å². The third-order valence-electron chi connectivity index (χ3n) is 3.97. The molecule has 0 spiro atoms. The fraction of sp³-hybridized carbons (Fsp3) is 0.929. The van der Waals surface area contributed by atoms with Gasteiger partial charge in [-0.15, -0.1) is 24.0 Å². The lowest BCUT2D eigenvalue weighted by Gasteiger charge is -2.35. The topological polar surface area (TPSA) is 60.1 Å². The maximum atomic E-state index is 6.03. The number of ether oxygens (including phenoxy) is 2. The molecule has 2 aliphatic rings. The number of hydrogen-bond acceptors (Lipinski definition) is 3. The molecule has 20 heavy (non-hydrogen) atoms. The second-order valence-corrected chi connectivity index (χ2v) is 5.57. The summed E-state index contributed by atoms with van der Waals surface area (Å²) in [6.07, 6.45) is 4.26. The Morgan fingerprint density at radius 2 is 2.20 bits per heavy atom. The Hall–Kier alpha value is -0.0800. The average Bonchev–Trinajstić information content (AvgIpc) is 2.35. The second-order valence-electron chi connectivity index (χ2n) is 5.57. The first-order valence-electron chi connectivity index (χ1n) is 7.47. The first-order valence-corrected chi connectivity index (χ1v) is 7.47.